The molecule has 7 nitrogen and oxygen atoms in total. The predicted molar refractivity (Wildman–Crippen MR) is 112 cm³/mol. The topological polar surface area (TPSA) is 103 Å². The summed E-state index contributed by atoms with van der Waals surface area (Å²) in [6.07, 6.45) is 1.45. The Hall–Kier alpha value is -3.15. The number of halogens is 2. The fourth-order valence-corrected chi connectivity index (χ4v) is 2.99. The number of ether oxygens (including phenoxy) is 1. The molecule has 0 spiro atoms. The van der Waals surface area contributed by atoms with Gasteiger partial charge in [0, 0.05) is 10.0 Å². The molecule has 0 aliphatic heterocycles. The minimum Gasteiger partial charge on any atom is -0.496 e. The van der Waals surface area contributed by atoms with Crippen LogP contribution < -0.4 is 15.7 Å². The number of nitrogens with one attached hydrogen (secondary N) is 2. The van der Waals surface area contributed by atoms with Gasteiger partial charge in [-0.2, -0.15) is 10.4 Å². The molecule has 0 saturated heterocycles. The zero-order valence-electron chi connectivity index (χ0n) is 14.5. The average Bonchev–Trinajstić information content (AvgIpc) is 2.71. The van der Waals surface area contributed by atoms with Crippen LogP contribution in [-0.4, -0.2) is 23.3 Å². The summed E-state index contributed by atoms with van der Waals surface area (Å²) >= 11 is 9.62. The lowest BCUT2D eigenvalue weighted by Gasteiger charge is -2.08. The van der Waals surface area contributed by atoms with Crippen molar-refractivity contribution in [2.75, 3.05) is 12.5 Å². The molecule has 3 rings (SSSR count). The quantitative estimate of drug-likeness (QED) is 0.441. The molecule has 0 amide bonds. The zero-order chi connectivity index (χ0) is 20.1. The number of H-pyrrole nitrogens is 1. The monoisotopic (exact) mass is 457 g/mol. The third kappa shape index (κ3) is 4.06. The van der Waals surface area contributed by atoms with E-state index >= 15 is 0 Å². The van der Waals surface area contributed by atoms with Gasteiger partial charge in [0.25, 0.3) is 5.56 Å². The maximum atomic E-state index is 12.2. The highest BCUT2D eigenvalue weighted by Crippen LogP contribution is 2.31. The van der Waals surface area contributed by atoms with Gasteiger partial charge in [-0.1, -0.05) is 41.9 Å². The van der Waals surface area contributed by atoms with Crippen molar-refractivity contribution >= 4 is 39.7 Å². The molecule has 2 aromatic carbocycles. The number of hydrogen-bond acceptors (Lipinski definition) is 6. The number of anilines is 1. The van der Waals surface area contributed by atoms with E-state index in [0.717, 1.165) is 0 Å². The highest BCUT2D eigenvalue weighted by molar-refractivity contribution is 9.10. The smallest absolute Gasteiger partial charge is 0.270 e. The number of aromatic amines is 1. The number of hydrazone groups is 1. The average molecular weight is 459 g/mol. The van der Waals surface area contributed by atoms with E-state index in [1.165, 1.54) is 13.3 Å². The van der Waals surface area contributed by atoms with Gasteiger partial charge in [-0.3, -0.25) is 9.78 Å². The van der Waals surface area contributed by atoms with E-state index in [2.05, 4.69) is 36.4 Å². The minimum absolute atomic E-state index is 0.0718. The van der Waals surface area contributed by atoms with E-state index in [4.69, 9.17) is 16.3 Å². The molecule has 1 heterocycles. The Kier molecular flexibility index (Phi) is 6.09. The Morgan fingerprint density at radius 2 is 2.07 bits per heavy atom. The summed E-state index contributed by atoms with van der Waals surface area (Å²) in [6, 6.07) is 14.4. The van der Waals surface area contributed by atoms with Gasteiger partial charge in [-0.05, 0) is 28.1 Å². The standard InChI is InChI=1S/C19H13BrClN5O2/c1-28-15-8-7-14(20)16(21)13(15)10-23-26-19-24-17(11-5-3-2-4-6-11)12(9-22)18(27)25-19/h2-8,10H,1H3,(H2,24,25,26,27). The van der Waals surface area contributed by atoms with Gasteiger partial charge in [-0.15, -0.1) is 0 Å². The number of benzene rings is 2. The number of nitrogens with zero attached hydrogens (tertiary/aromatic N) is 3. The molecule has 28 heavy (non-hydrogen) atoms. The van der Waals surface area contributed by atoms with Crippen molar-refractivity contribution in [1.29, 1.82) is 5.26 Å². The summed E-state index contributed by atoms with van der Waals surface area (Å²) < 4.78 is 5.96. The molecule has 9 heteroatoms. The van der Waals surface area contributed by atoms with Crippen LogP contribution in [0.25, 0.3) is 11.3 Å². The fraction of sp³-hybridized carbons (Fsp3) is 0.0526. The lowest BCUT2D eigenvalue weighted by atomic mass is 10.1. The summed E-state index contributed by atoms with van der Waals surface area (Å²) in [5.41, 5.74) is 3.48. The lowest BCUT2D eigenvalue weighted by molar-refractivity contribution is 0.414. The van der Waals surface area contributed by atoms with Crippen LogP contribution in [-0.2, 0) is 0 Å². The maximum Gasteiger partial charge on any atom is 0.270 e. The van der Waals surface area contributed by atoms with Crippen LogP contribution in [0.3, 0.4) is 0 Å². The van der Waals surface area contributed by atoms with Gasteiger partial charge in [0.15, 0.2) is 0 Å². The van der Waals surface area contributed by atoms with Crippen molar-refractivity contribution in [1.82, 2.24) is 9.97 Å². The van der Waals surface area contributed by atoms with Gasteiger partial charge in [0.1, 0.15) is 17.4 Å². The zero-order valence-corrected chi connectivity index (χ0v) is 16.9. The summed E-state index contributed by atoms with van der Waals surface area (Å²) in [5, 5.41) is 13.8. The van der Waals surface area contributed by atoms with Gasteiger partial charge in [0.05, 0.1) is 29.6 Å². The number of nitriles is 1. The largest absolute Gasteiger partial charge is 0.496 e. The molecule has 0 fully saturated rings. The summed E-state index contributed by atoms with van der Waals surface area (Å²) in [5.74, 6) is 0.620. The second kappa shape index (κ2) is 8.69. The first-order chi connectivity index (χ1) is 13.5. The molecule has 0 aliphatic rings. The summed E-state index contributed by atoms with van der Waals surface area (Å²) in [4.78, 5) is 19.0. The molecule has 0 aliphatic carbocycles. The molecular weight excluding hydrogens is 446 g/mol. The minimum atomic E-state index is -0.563. The second-order valence-corrected chi connectivity index (χ2v) is 6.70. The molecular formula is C19H13BrClN5O2. The third-order valence-electron chi connectivity index (χ3n) is 3.76. The highest BCUT2D eigenvalue weighted by Gasteiger charge is 2.13. The molecule has 0 atom stereocenters. The molecule has 0 saturated carbocycles. The van der Waals surface area contributed by atoms with E-state index in [1.807, 2.05) is 12.1 Å². The summed E-state index contributed by atoms with van der Waals surface area (Å²) in [6.45, 7) is 0. The summed E-state index contributed by atoms with van der Waals surface area (Å²) in [7, 11) is 1.52. The van der Waals surface area contributed by atoms with Gasteiger partial charge in [0.2, 0.25) is 5.95 Å². The van der Waals surface area contributed by atoms with Crippen LogP contribution in [0.15, 0.2) is 56.8 Å². The Balaban J connectivity index is 1.96. The first-order valence-corrected chi connectivity index (χ1v) is 9.13. The van der Waals surface area contributed by atoms with Crippen molar-refractivity contribution in [3.8, 4) is 23.1 Å². The van der Waals surface area contributed by atoms with Crippen LogP contribution in [0.5, 0.6) is 5.75 Å². The molecule has 0 bridgehead atoms. The molecule has 140 valence electrons. The van der Waals surface area contributed by atoms with Crippen LogP contribution in [0, 0.1) is 11.3 Å². The third-order valence-corrected chi connectivity index (χ3v) is 5.05. The van der Waals surface area contributed by atoms with Gasteiger partial charge >= 0.3 is 0 Å². The van der Waals surface area contributed by atoms with E-state index in [1.54, 1.807) is 36.4 Å². The Morgan fingerprint density at radius 1 is 1.32 bits per heavy atom. The predicted octanol–water partition coefficient (Wildman–Crippen LogP) is 4.18. The van der Waals surface area contributed by atoms with Crippen LogP contribution in [0.1, 0.15) is 11.1 Å². The Bertz CT molecular complexity index is 1140. The number of aromatic nitrogens is 2. The van der Waals surface area contributed by atoms with Crippen molar-refractivity contribution < 1.29 is 4.74 Å². The van der Waals surface area contributed by atoms with Crippen LogP contribution >= 0.6 is 27.5 Å². The normalized spacial score (nSPS) is 10.6. The van der Waals surface area contributed by atoms with E-state index < -0.39 is 5.56 Å². The van der Waals surface area contributed by atoms with Crippen molar-refractivity contribution in [2.24, 2.45) is 5.10 Å². The van der Waals surface area contributed by atoms with E-state index in [-0.39, 0.29) is 17.2 Å². The van der Waals surface area contributed by atoms with Crippen molar-refractivity contribution in [3.63, 3.8) is 0 Å². The lowest BCUT2D eigenvalue weighted by Crippen LogP contribution is -2.16. The molecule has 2 N–H and O–H groups in total. The van der Waals surface area contributed by atoms with Crippen molar-refractivity contribution in [3.05, 3.63) is 73.4 Å². The first kappa shape index (κ1) is 19.6. The Morgan fingerprint density at radius 3 is 2.75 bits per heavy atom. The molecule has 3 aromatic rings. The van der Waals surface area contributed by atoms with E-state index in [9.17, 15) is 10.1 Å². The fourth-order valence-electron chi connectivity index (χ4n) is 2.44. The SMILES string of the molecule is COc1ccc(Br)c(Cl)c1C=NNc1nc(-c2ccccc2)c(C#N)c(=O)[nH]1. The maximum absolute atomic E-state index is 12.2. The van der Waals surface area contributed by atoms with Crippen LogP contribution in [0.4, 0.5) is 5.95 Å². The van der Waals surface area contributed by atoms with Gasteiger partial charge in [-0.25, -0.2) is 10.4 Å². The Labute approximate surface area is 173 Å². The molecule has 0 unspecified atom stereocenters. The second-order valence-electron chi connectivity index (χ2n) is 5.46. The number of hydrogen-bond donors (Lipinski definition) is 2. The van der Waals surface area contributed by atoms with E-state index in [0.29, 0.717) is 26.4 Å². The number of methoxy groups -OCH3 is 1. The van der Waals surface area contributed by atoms with Crippen LogP contribution in [0.2, 0.25) is 5.02 Å². The molecule has 0 radical (unpaired) electrons. The number of rotatable bonds is 5. The van der Waals surface area contributed by atoms with Crippen molar-refractivity contribution in [2.45, 2.75) is 0 Å². The van der Waals surface area contributed by atoms with Gasteiger partial charge < -0.3 is 4.74 Å². The highest BCUT2D eigenvalue weighted by atomic mass is 79.9. The first-order valence-electron chi connectivity index (χ1n) is 7.96. The molecule has 1 aromatic heterocycles.